The molecule has 1 aromatic heterocycles. The van der Waals surface area contributed by atoms with E-state index in [0.29, 0.717) is 24.4 Å². The number of alkyl halides is 1. The monoisotopic (exact) mass is 298 g/mol. The number of aromatic nitrogens is 2. The highest BCUT2D eigenvalue weighted by Gasteiger charge is 2.11. The first-order chi connectivity index (χ1) is 9.52. The third-order valence-electron chi connectivity index (χ3n) is 2.93. The van der Waals surface area contributed by atoms with Crippen LogP contribution in [0.1, 0.15) is 5.82 Å². The summed E-state index contributed by atoms with van der Waals surface area (Å²) in [6, 6.07) is 4.27. The molecule has 108 valence electrons. The lowest BCUT2D eigenvalue weighted by atomic mass is 10.3. The van der Waals surface area contributed by atoms with Crippen molar-refractivity contribution in [1.82, 2.24) is 19.8 Å². The fourth-order valence-corrected chi connectivity index (χ4v) is 2.14. The Hall–Kier alpha value is -1.82. The Kier molecular flexibility index (Phi) is 4.44. The Balaban J connectivity index is 2.18. The molecule has 0 fully saturated rings. The maximum absolute atomic E-state index is 13.2. The number of rotatable bonds is 4. The van der Waals surface area contributed by atoms with Gasteiger partial charge in [0.05, 0.1) is 16.9 Å². The fourth-order valence-electron chi connectivity index (χ4n) is 1.94. The first-order valence-corrected chi connectivity index (χ1v) is 6.72. The molecular weight excluding hydrogens is 283 g/mol. The summed E-state index contributed by atoms with van der Waals surface area (Å²) in [6.45, 7) is 0.980. The van der Waals surface area contributed by atoms with Gasteiger partial charge in [0.15, 0.2) is 0 Å². The van der Waals surface area contributed by atoms with Crippen molar-refractivity contribution in [2.45, 2.75) is 12.4 Å². The predicted octanol–water partition coefficient (Wildman–Crippen LogP) is 2.19. The molecular formula is C13H16ClFN4O. The van der Waals surface area contributed by atoms with E-state index in [2.05, 4.69) is 10.3 Å². The molecule has 1 heterocycles. The summed E-state index contributed by atoms with van der Waals surface area (Å²) in [7, 11) is 3.35. The van der Waals surface area contributed by atoms with Crippen molar-refractivity contribution in [3.8, 4) is 0 Å². The van der Waals surface area contributed by atoms with Crippen LogP contribution in [-0.4, -0.2) is 41.1 Å². The molecule has 0 unspecified atom stereocenters. The molecule has 0 saturated heterocycles. The predicted molar refractivity (Wildman–Crippen MR) is 76.3 cm³/mol. The van der Waals surface area contributed by atoms with Crippen molar-refractivity contribution in [1.29, 1.82) is 0 Å². The molecule has 0 bridgehead atoms. The summed E-state index contributed by atoms with van der Waals surface area (Å²) in [5.41, 5.74) is 1.38. The van der Waals surface area contributed by atoms with Crippen molar-refractivity contribution in [3.63, 3.8) is 0 Å². The average molecular weight is 299 g/mol. The van der Waals surface area contributed by atoms with Crippen molar-refractivity contribution in [2.75, 3.05) is 20.6 Å². The van der Waals surface area contributed by atoms with Crippen molar-refractivity contribution >= 4 is 28.7 Å². The van der Waals surface area contributed by atoms with Gasteiger partial charge in [-0.3, -0.25) is 0 Å². The van der Waals surface area contributed by atoms with E-state index in [1.165, 1.54) is 17.0 Å². The number of imidazole rings is 1. The van der Waals surface area contributed by atoms with Crippen LogP contribution in [0.2, 0.25) is 0 Å². The standard InChI is InChI=1S/C13H16ClFN4O/c1-18(2)13(20)16-5-6-19-11-4-3-9(15)7-10(11)17-12(19)8-14/h3-4,7H,5-6,8H2,1-2H3,(H,16,20). The topological polar surface area (TPSA) is 50.2 Å². The van der Waals surface area contributed by atoms with Gasteiger partial charge >= 0.3 is 6.03 Å². The molecule has 20 heavy (non-hydrogen) atoms. The van der Waals surface area contributed by atoms with E-state index in [-0.39, 0.29) is 17.7 Å². The molecule has 5 nitrogen and oxygen atoms in total. The minimum Gasteiger partial charge on any atom is -0.336 e. The highest BCUT2D eigenvalue weighted by atomic mass is 35.5. The van der Waals surface area contributed by atoms with Gasteiger partial charge in [-0.1, -0.05) is 0 Å². The smallest absolute Gasteiger partial charge is 0.316 e. The summed E-state index contributed by atoms with van der Waals surface area (Å²) >= 11 is 5.86. The molecule has 7 heteroatoms. The number of carbonyl (C=O) groups is 1. The van der Waals surface area contributed by atoms with Crippen LogP contribution in [0.4, 0.5) is 9.18 Å². The van der Waals surface area contributed by atoms with Gasteiger partial charge in [-0.15, -0.1) is 11.6 Å². The van der Waals surface area contributed by atoms with Crippen molar-refractivity contribution in [2.24, 2.45) is 0 Å². The van der Waals surface area contributed by atoms with Crippen LogP contribution in [0.5, 0.6) is 0 Å². The summed E-state index contributed by atoms with van der Waals surface area (Å²) < 4.78 is 15.1. The SMILES string of the molecule is CN(C)C(=O)NCCn1c(CCl)nc2cc(F)ccc21. The number of amides is 2. The van der Waals surface area contributed by atoms with Gasteiger partial charge in [0.1, 0.15) is 11.6 Å². The zero-order chi connectivity index (χ0) is 14.7. The molecule has 0 aliphatic rings. The highest BCUT2D eigenvalue weighted by molar-refractivity contribution is 6.16. The second kappa shape index (κ2) is 6.09. The summed E-state index contributed by atoms with van der Waals surface area (Å²) in [5.74, 6) is 0.563. The zero-order valence-electron chi connectivity index (χ0n) is 11.4. The minimum absolute atomic E-state index is 0.159. The molecule has 0 aliphatic heterocycles. The Morgan fingerprint density at radius 3 is 2.90 bits per heavy atom. The van der Waals surface area contributed by atoms with Crippen LogP contribution >= 0.6 is 11.6 Å². The molecule has 2 aromatic rings. The van der Waals surface area contributed by atoms with Gasteiger partial charge in [-0.05, 0) is 12.1 Å². The Morgan fingerprint density at radius 2 is 2.25 bits per heavy atom. The first-order valence-electron chi connectivity index (χ1n) is 6.18. The van der Waals surface area contributed by atoms with E-state index in [0.717, 1.165) is 5.52 Å². The van der Waals surface area contributed by atoms with E-state index >= 15 is 0 Å². The van der Waals surface area contributed by atoms with Crippen molar-refractivity contribution < 1.29 is 9.18 Å². The first kappa shape index (κ1) is 14.6. The lowest BCUT2D eigenvalue weighted by molar-refractivity contribution is 0.217. The third kappa shape index (κ3) is 3.01. The number of nitrogens with one attached hydrogen (secondary N) is 1. The van der Waals surface area contributed by atoms with Crippen LogP contribution in [0, 0.1) is 5.82 Å². The maximum atomic E-state index is 13.2. The number of urea groups is 1. The highest BCUT2D eigenvalue weighted by Crippen LogP contribution is 2.18. The van der Waals surface area contributed by atoms with Crippen LogP contribution in [0.25, 0.3) is 11.0 Å². The second-order valence-electron chi connectivity index (χ2n) is 4.57. The van der Waals surface area contributed by atoms with Gasteiger partial charge in [0.25, 0.3) is 0 Å². The third-order valence-corrected chi connectivity index (χ3v) is 3.17. The van der Waals surface area contributed by atoms with Crippen LogP contribution in [-0.2, 0) is 12.4 Å². The second-order valence-corrected chi connectivity index (χ2v) is 4.84. The largest absolute Gasteiger partial charge is 0.336 e. The van der Waals surface area contributed by atoms with Gasteiger partial charge in [-0.2, -0.15) is 0 Å². The molecule has 2 amide bonds. The van der Waals surface area contributed by atoms with E-state index in [9.17, 15) is 9.18 Å². The minimum atomic E-state index is -0.329. The number of hydrogen-bond donors (Lipinski definition) is 1. The maximum Gasteiger partial charge on any atom is 0.316 e. The van der Waals surface area contributed by atoms with Gasteiger partial charge in [0, 0.05) is 33.3 Å². The zero-order valence-corrected chi connectivity index (χ0v) is 12.1. The Morgan fingerprint density at radius 1 is 1.50 bits per heavy atom. The number of halogens is 2. The van der Waals surface area contributed by atoms with Gasteiger partial charge < -0.3 is 14.8 Å². The summed E-state index contributed by atoms with van der Waals surface area (Å²) in [6.07, 6.45) is 0. The Bertz CT molecular complexity index is 626. The Labute approximate surface area is 121 Å². The number of nitrogens with zero attached hydrogens (tertiary/aromatic N) is 3. The normalized spacial score (nSPS) is 10.8. The molecule has 0 atom stereocenters. The van der Waals surface area contributed by atoms with E-state index in [4.69, 9.17) is 11.6 Å². The molecule has 2 rings (SSSR count). The molecule has 0 radical (unpaired) electrons. The van der Waals surface area contributed by atoms with Crippen LogP contribution in [0.15, 0.2) is 18.2 Å². The lowest BCUT2D eigenvalue weighted by Crippen LogP contribution is -2.36. The quantitative estimate of drug-likeness (QED) is 0.880. The van der Waals surface area contributed by atoms with E-state index in [1.807, 2.05) is 4.57 Å². The summed E-state index contributed by atoms with van der Waals surface area (Å²) in [4.78, 5) is 17.2. The molecule has 0 spiro atoms. The molecule has 0 saturated carbocycles. The van der Waals surface area contributed by atoms with E-state index in [1.54, 1.807) is 20.2 Å². The fraction of sp³-hybridized carbons (Fsp3) is 0.385. The van der Waals surface area contributed by atoms with E-state index < -0.39 is 0 Å². The lowest BCUT2D eigenvalue weighted by Gasteiger charge is -2.13. The van der Waals surface area contributed by atoms with Crippen LogP contribution < -0.4 is 5.32 Å². The molecule has 1 N–H and O–H groups in total. The number of carbonyl (C=O) groups excluding carboxylic acids is 1. The van der Waals surface area contributed by atoms with Crippen LogP contribution in [0.3, 0.4) is 0 Å². The average Bonchev–Trinajstić information content (AvgIpc) is 2.75. The number of hydrogen-bond acceptors (Lipinski definition) is 2. The molecule has 1 aromatic carbocycles. The van der Waals surface area contributed by atoms with Gasteiger partial charge in [0.2, 0.25) is 0 Å². The number of benzene rings is 1. The summed E-state index contributed by atoms with van der Waals surface area (Å²) in [5, 5.41) is 2.77. The molecule has 0 aliphatic carbocycles. The number of fused-ring (bicyclic) bond motifs is 1. The van der Waals surface area contributed by atoms with Gasteiger partial charge in [-0.25, -0.2) is 14.2 Å². The van der Waals surface area contributed by atoms with Crippen molar-refractivity contribution in [3.05, 3.63) is 29.8 Å².